The van der Waals surface area contributed by atoms with Gasteiger partial charge in [0.25, 0.3) is 0 Å². The van der Waals surface area contributed by atoms with Gasteiger partial charge in [-0.2, -0.15) is 22.0 Å². The Morgan fingerprint density at radius 2 is 1.89 bits per heavy atom. The van der Waals surface area contributed by atoms with Crippen LogP contribution in [0.1, 0.15) is 18.5 Å². The molecule has 1 aromatic carbocycles. The van der Waals surface area contributed by atoms with Crippen LogP contribution in [-0.2, 0) is 9.53 Å². The van der Waals surface area contributed by atoms with Crippen LogP contribution in [0.25, 0.3) is 0 Å². The molecule has 0 radical (unpaired) electrons. The monoisotopic (exact) mass is 408 g/mol. The minimum absolute atomic E-state index is 0.0341. The van der Waals surface area contributed by atoms with Gasteiger partial charge in [-0.25, -0.2) is 9.59 Å². The first-order chi connectivity index (χ1) is 13.0. The number of allylic oxidation sites excluding steroid dienone is 1. The van der Waals surface area contributed by atoms with Crippen LogP contribution in [0, 0.1) is 0 Å². The van der Waals surface area contributed by atoms with Crippen LogP contribution < -0.4 is 20.1 Å². The number of esters is 1. The highest BCUT2D eigenvalue weighted by molar-refractivity contribution is 5.95. The van der Waals surface area contributed by atoms with Crippen molar-refractivity contribution in [2.45, 2.75) is 25.1 Å². The van der Waals surface area contributed by atoms with Gasteiger partial charge in [-0.15, -0.1) is 0 Å². The molecule has 1 unspecified atom stereocenters. The minimum atomic E-state index is -5.87. The third-order valence-electron chi connectivity index (χ3n) is 4.02. The number of nitrogens with one attached hydrogen (secondary N) is 2. The zero-order valence-electron chi connectivity index (χ0n) is 14.2. The molecule has 12 heteroatoms. The number of halogens is 5. The fraction of sp³-hybridized carbons (Fsp3) is 0.375. The van der Waals surface area contributed by atoms with E-state index in [9.17, 15) is 31.5 Å². The second-order valence-electron chi connectivity index (χ2n) is 5.96. The molecule has 3 rings (SSSR count). The second kappa shape index (κ2) is 6.84. The summed E-state index contributed by atoms with van der Waals surface area (Å²) >= 11 is 0. The number of alkyl halides is 5. The summed E-state index contributed by atoms with van der Waals surface area (Å²) in [5.41, 5.74) is -0.0591. The average molecular weight is 408 g/mol. The van der Waals surface area contributed by atoms with E-state index in [1.807, 2.05) is 0 Å². The summed E-state index contributed by atoms with van der Waals surface area (Å²) < 4.78 is 77.5. The van der Waals surface area contributed by atoms with Gasteiger partial charge in [0, 0.05) is 5.70 Å². The van der Waals surface area contributed by atoms with Gasteiger partial charge in [-0.05, 0) is 24.6 Å². The molecular formula is C16H13F5N2O5. The summed E-state index contributed by atoms with van der Waals surface area (Å²) in [5, 5.41) is 4.65. The topological polar surface area (TPSA) is 85.9 Å². The maximum atomic E-state index is 13.1. The Balaban J connectivity index is 1.87. The molecule has 1 aromatic rings. The number of hydrogen-bond acceptors (Lipinski definition) is 5. The molecule has 0 bridgehead atoms. The second-order valence-corrected chi connectivity index (χ2v) is 5.96. The summed E-state index contributed by atoms with van der Waals surface area (Å²) in [6, 6.07) is 2.58. The van der Waals surface area contributed by atoms with E-state index < -0.39 is 36.7 Å². The van der Waals surface area contributed by atoms with Gasteiger partial charge < -0.3 is 24.8 Å². The van der Waals surface area contributed by atoms with E-state index in [1.165, 1.54) is 25.1 Å². The highest BCUT2D eigenvalue weighted by atomic mass is 19.4. The van der Waals surface area contributed by atoms with Gasteiger partial charge in [0.1, 0.15) is 0 Å². The SMILES string of the molecule is CC1=C(C(=O)OCC(F)(F)C(F)(F)F)C(c2ccc3c(c2)OCO3)NC(=O)N1. The van der Waals surface area contributed by atoms with Crippen LogP contribution >= 0.6 is 0 Å². The fourth-order valence-electron chi connectivity index (χ4n) is 2.62. The first kappa shape index (κ1) is 19.7. The van der Waals surface area contributed by atoms with Crippen molar-refractivity contribution in [2.24, 2.45) is 0 Å². The molecule has 0 fully saturated rings. The van der Waals surface area contributed by atoms with Gasteiger partial charge in [-0.3, -0.25) is 0 Å². The molecule has 0 saturated heterocycles. The lowest BCUT2D eigenvalue weighted by Gasteiger charge is -2.28. The highest BCUT2D eigenvalue weighted by Gasteiger charge is 2.58. The van der Waals surface area contributed by atoms with Crippen molar-refractivity contribution >= 4 is 12.0 Å². The maximum absolute atomic E-state index is 13.1. The van der Waals surface area contributed by atoms with Crippen LogP contribution in [0.3, 0.4) is 0 Å². The molecule has 0 saturated carbocycles. The van der Waals surface area contributed by atoms with E-state index in [2.05, 4.69) is 15.4 Å². The third kappa shape index (κ3) is 3.66. The van der Waals surface area contributed by atoms with Crippen LogP contribution in [-0.4, -0.2) is 37.5 Å². The number of benzene rings is 1. The molecule has 0 spiro atoms. The molecule has 7 nitrogen and oxygen atoms in total. The molecule has 2 aliphatic rings. The Labute approximate surface area is 154 Å². The lowest BCUT2D eigenvalue weighted by molar-refractivity contribution is -0.293. The molecule has 2 heterocycles. The number of urea groups is 1. The van der Waals surface area contributed by atoms with Crippen LogP contribution in [0.5, 0.6) is 11.5 Å². The van der Waals surface area contributed by atoms with Gasteiger partial charge in [0.2, 0.25) is 6.79 Å². The summed E-state index contributed by atoms with van der Waals surface area (Å²) in [6.45, 7) is -0.932. The van der Waals surface area contributed by atoms with E-state index in [1.54, 1.807) is 0 Å². The van der Waals surface area contributed by atoms with E-state index in [4.69, 9.17) is 9.47 Å². The Bertz CT molecular complexity index is 852. The third-order valence-corrected chi connectivity index (χ3v) is 4.02. The van der Waals surface area contributed by atoms with Crippen molar-refractivity contribution in [3.63, 3.8) is 0 Å². The van der Waals surface area contributed by atoms with Crippen LogP contribution in [0.4, 0.5) is 26.7 Å². The quantitative estimate of drug-likeness (QED) is 0.591. The number of fused-ring (bicyclic) bond motifs is 1. The minimum Gasteiger partial charge on any atom is -0.455 e. The molecule has 0 aromatic heterocycles. The molecule has 2 amide bonds. The van der Waals surface area contributed by atoms with Crippen molar-refractivity contribution in [3.8, 4) is 11.5 Å². The first-order valence-electron chi connectivity index (χ1n) is 7.79. The molecule has 152 valence electrons. The largest absolute Gasteiger partial charge is 0.456 e. The zero-order valence-corrected chi connectivity index (χ0v) is 14.2. The normalized spacial score (nSPS) is 19.2. The number of ether oxygens (including phenoxy) is 3. The molecule has 2 aliphatic heterocycles. The Hall–Kier alpha value is -3.05. The van der Waals surface area contributed by atoms with Crippen molar-refractivity contribution in [3.05, 3.63) is 35.0 Å². The van der Waals surface area contributed by atoms with Gasteiger partial charge in [-0.1, -0.05) is 6.07 Å². The summed E-state index contributed by atoms with van der Waals surface area (Å²) in [4.78, 5) is 24.1. The van der Waals surface area contributed by atoms with E-state index in [0.717, 1.165) is 0 Å². The van der Waals surface area contributed by atoms with E-state index >= 15 is 0 Å². The fourth-order valence-corrected chi connectivity index (χ4v) is 2.62. The Kier molecular flexibility index (Phi) is 4.81. The van der Waals surface area contributed by atoms with Crippen LogP contribution in [0.15, 0.2) is 29.5 Å². The van der Waals surface area contributed by atoms with Crippen molar-refractivity contribution < 1.29 is 45.8 Å². The van der Waals surface area contributed by atoms with Crippen molar-refractivity contribution in [1.29, 1.82) is 0 Å². The summed E-state index contributed by atoms with van der Waals surface area (Å²) in [5.74, 6) is -5.91. The molecule has 2 N–H and O–H groups in total. The van der Waals surface area contributed by atoms with Crippen molar-refractivity contribution in [1.82, 2.24) is 10.6 Å². The predicted octanol–water partition coefficient (Wildman–Crippen LogP) is 2.78. The van der Waals surface area contributed by atoms with Gasteiger partial charge in [0.15, 0.2) is 18.1 Å². The molecule has 0 aliphatic carbocycles. The average Bonchev–Trinajstić information content (AvgIpc) is 3.05. The number of carbonyl (C=O) groups is 2. The smallest absolute Gasteiger partial charge is 0.455 e. The predicted molar refractivity (Wildman–Crippen MR) is 81.6 cm³/mol. The van der Waals surface area contributed by atoms with Crippen LogP contribution in [0.2, 0.25) is 0 Å². The molecular weight excluding hydrogens is 395 g/mol. The number of carbonyl (C=O) groups excluding carboxylic acids is 2. The number of rotatable bonds is 4. The lowest BCUT2D eigenvalue weighted by atomic mass is 9.95. The summed E-state index contributed by atoms with van der Waals surface area (Å²) in [7, 11) is 0. The molecule has 28 heavy (non-hydrogen) atoms. The van der Waals surface area contributed by atoms with Crippen molar-refractivity contribution in [2.75, 3.05) is 13.4 Å². The van der Waals surface area contributed by atoms with Gasteiger partial charge in [0.05, 0.1) is 11.6 Å². The molecule has 1 atom stereocenters. The Morgan fingerprint density at radius 3 is 2.57 bits per heavy atom. The highest BCUT2D eigenvalue weighted by Crippen LogP contribution is 2.38. The lowest BCUT2D eigenvalue weighted by Crippen LogP contribution is -2.46. The van der Waals surface area contributed by atoms with E-state index in [-0.39, 0.29) is 18.1 Å². The number of amides is 2. The first-order valence-corrected chi connectivity index (χ1v) is 7.79. The zero-order chi connectivity index (χ0) is 20.7. The standard InChI is InChI=1S/C16H13F5N2O5/c1-7-11(13(24)26-5-15(17,18)16(19,20)21)12(23-14(25)22-7)8-2-3-9-10(4-8)28-6-27-9/h2-4,12H,5-6H2,1H3,(H2,22,23,25). The Morgan fingerprint density at radius 1 is 1.21 bits per heavy atom. The number of hydrogen-bond donors (Lipinski definition) is 2. The maximum Gasteiger partial charge on any atom is 0.456 e. The summed E-state index contributed by atoms with van der Waals surface area (Å²) in [6.07, 6.45) is -5.87. The van der Waals surface area contributed by atoms with Gasteiger partial charge >= 0.3 is 24.1 Å². The van der Waals surface area contributed by atoms with E-state index in [0.29, 0.717) is 17.1 Å².